The number of nitrogens with zero attached hydrogens (tertiary/aromatic N) is 1. The van der Waals surface area contributed by atoms with Crippen LogP contribution >= 0.6 is 15.9 Å². The Labute approximate surface area is 108 Å². The average molecular weight is 294 g/mol. The normalized spacial score (nSPS) is 12.1. The molecule has 2 rings (SSSR count). The second kappa shape index (κ2) is 5.80. The fraction of sp³-hybridized carbons (Fsp3) is 0.154. The second-order valence-electron chi connectivity index (χ2n) is 3.57. The minimum Gasteiger partial charge on any atom is -0.489 e. The molecule has 0 saturated carbocycles. The van der Waals surface area contributed by atoms with E-state index >= 15 is 0 Å². The molecule has 1 N–H and O–H groups in total. The summed E-state index contributed by atoms with van der Waals surface area (Å²) in [6.45, 7) is 0.210. The third kappa shape index (κ3) is 3.54. The van der Waals surface area contributed by atoms with Crippen molar-refractivity contribution < 1.29 is 9.84 Å². The molecule has 0 aliphatic rings. The van der Waals surface area contributed by atoms with E-state index in [0.29, 0.717) is 5.75 Å². The van der Waals surface area contributed by atoms with Gasteiger partial charge in [-0.15, -0.1) is 0 Å². The number of rotatable bonds is 4. The van der Waals surface area contributed by atoms with E-state index in [9.17, 15) is 5.11 Å². The summed E-state index contributed by atoms with van der Waals surface area (Å²) < 4.78 is 6.37. The molecule has 1 aromatic heterocycles. The van der Waals surface area contributed by atoms with Gasteiger partial charge in [0.05, 0.1) is 6.20 Å². The van der Waals surface area contributed by atoms with Gasteiger partial charge in [-0.25, -0.2) is 0 Å². The maximum Gasteiger partial charge on any atom is 0.137 e. The molecule has 0 aliphatic heterocycles. The van der Waals surface area contributed by atoms with Crippen LogP contribution in [0.3, 0.4) is 0 Å². The fourth-order valence-electron chi connectivity index (χ4n) is 1.42. The minimum absolute atomic E-state index is 0.210. The van der Waals surface area contributed by atoms with Gasteiger partial charge in [-0.1, -0.05) is 28.1 Å². The summed E-state index contributed by atoms with van der Waals surface area (Å²) in [7, 11) is 0. The number of halogens is 1. The summed E-state index contributed by atoms with van der Waals surface area (Å²) in [4.78, 5) is 3.94. The van der Waals surface area contributed by atoms with Crippen LogP contribution in [0.4, 0.5) is 0 Å². The monoisotopic (exact) mass is 293 g/mol. The number of hydrogen-bond donors (Lipinski definition) is 1. The molecule has 0 bridgehead atoms. The second-order valence-corrected chi connectivity index (χ2v) is 4.49. The van der Waals surface area contributed by atoms with Gasteiger partial charge in [-0.3, -0.25) is 4.98 Å². The van der Waals surface area contributed by atoms with Crippen molar-refractivity contribution >= 4 is 15.9 Å². The van der Waals surface area contributed by atoms with Crippen molar-refractivity contribution in [1.82, 2.24) is 4.98 Å². The van der Waals surface area contributed by atoms with E-state index in [1.165, 1.54) is 0 Å². The Kier molecular flexibility index (Phi) is 4.12. The Balaban J connectivity index is 1.96. The Morgan fingerprint density at radius 2 is 2.18 bits per heavy atom. The Hall–Kier alpha value is -1.39. The number of aliphatic hydroxyl groups excluding tert-OH is 1. The number of ether oxygens (including phenoxy) is 1. The van der Waals surface area contributed by atoms with Crippen LogP contribution in [-0.4, -0.2) is 16.7 Å². The molecule has 0 saturated heterocycles. The van der Waals surface area contributed by atoms with E-state index in [-0.39, 0.29) is 6.61 Å². The Morgan fingerprint density at radius 3 is 2.88 bits per heavy atom. The summed E-state index contributed by atoms with van der Waals surface area (Å²) in [6.07, 6.45) is 2.65. The minimum atomic E-state index is -0.646. The van der Waals surface area contributed by atoms with Crippen LogP contribution in [0.1, 0.15) is 11.7 Å². The van der Waals surface area contributed by atoms with Crippen molar-refractivity contribution in [3.05, 3.63) is 58.8 Å². The highest BCUT2D eigenvalue weighted by Gasteiger charge is 2.08. The van der Waals surface area contributed by atoms with E-state index in [0.717, 1.165) is 10.0 Å². The van der Waals surface area contributed by atoms with Gasteiger partial charge in [0.1, 0.15) is 18.5 Å². The Morgan fingerprint density at radius 1 is 1.29 bits per heavy atom. The van der Waals surface area contributed by atoms with E-state index in [4.69, 9.17) is 4.74 Å². The van der Waals surface area contributed by atoms with Crippen LogP contribution < -0.4 is 4.74 Å². The largest absolute Gasteiger partial charge is 0.489 e. The van der Waals surface area contributed by atoms with Gasteiger partial charge in [-0.2, -0.15) is 0 Å². The van der Waals surface area contributed by atoms with Gasteiger partial charge in [0.25, 0.3) is 0 Å². The van der Waals surface area contributed by atoms with Crippen molar-refractivity contribution in [3.8, 4) is 5.75 Å². The molecule has 0 amide bonds. The van der Waals surface area contributed by atoms with Crippen molar-refractivity contribution in [2.24, 2.45) is 0 Å². The van der Waals surface area contributed by atoms with Crippen LogP contribution in [0.25, 0.3) is 0 Å². The van der Waals surface area contributed by atoms with Crippen LogP contribution in [-0.2, 0) is 0 Å². The predicted octanol–water partition coefficient (Wildman–Crippen LogP) is 2.96. The van der Waals surface area contributed by atoms with Crippen LogP contribution in [0, 0.1) is 0 Å². The highest BCUT2D eigenvalue weighted by molar-refractivity contribution is 9.10. The molecule has 2 aromatic rings. The zero-order valence-electron chi connectivity index (χ0n) is 9.08. The van der Waals surface area contributed by atoms with E-state index < -0.39 is 6.10 Å². The molecule has 0 fully saturated rings. The molecule has 1 atom stereocenters. The fourth-order valence-corrected chi connectivity index (χ4v) is 1.83. The number of aromatic nitrogens is 1. The molecule has 3 nitrogen and oxygen atoms in total. The molecule has 88 valence electrons. The molecular weight excluding hydrogens is 282 g/mol. The standard InChI is InChI=1S/C13H12BrNO2/c14-11-4-1-3-10(7-11)13(16)9-17-12-5-2-6-15-8-12/h1-8,13,16H,9H2. The van der Waals surface area contributed by atoms with E-state index in [1.807, 2.05) is 24.3 Å². The van der Waals surface area contributed by atoms with E-state index in [2.05, 4.69) is 20.9 Å². The molecule has 4 heteroatoms. The SMILES string of the molecule is OC(COc1cccnc1)c1cccc(Br)c1. The molecule has 0 radical (unpaired) electrons. The molecule has 17 heavy (non-hydrogen) atoms. The lowest BCUT2D eigenvalue weighted by Crippen LogP contribution is -2.09. The van der Waals surface area contributed by atoms with Gasteiger partial charge in [-0.05, 0) is 29.8 Å². The van der Waals surface area contributed by atoms with Gasteiger partial charge >= 0.3 is 0 Å². The lowest BCUT2D eigenvalue weighted by atomic mass is 10.1. The molecule has 0 aliphatic carbocycles. The summed E-state index contributed by atoms with van der Waals surface area (Å²) in [6, 6.07) is 11.1. The quantitative estimate of drug-likeness (QED) is 0.942. The molecule has 1 aromatic carbocycles. The zero-order valence-corrected chi connectivity index (χ0v) is 10.7. The van der Waals surface area contributed by atoms with Crippen LogP contribution in [0.15, 0.2) is 53.3 Å². The predicted molar refractivity (Wildman–Crippen MR) is 68.8 cm³/mol. The Bertz CT molecular complexity index is 476. The first-order valence-corrected chi connectivity index (χ1v) is 6.01. The lowest BCUT2D eigenvalue weighted by Gasteiger charge is -2.12. The molecular formula is C13H12BrNO2. The summed E-state index contributed by atoms with van der Waals surface area (Å²) in [5, 5.41) is 9.94. The third-order valence-electron chi connectivity index (χ3n) is 2.28. The number of hydrogen-bond acceptors (Lipinski definition) is 3. The average Bonchev–Trinajstić information content (AvgIpc) is 2.37. The number of pyridine rings is 1. The van der Waals surface area contributed by atoms with Crippen LogP contribution in [0.5, 0.6) is 5.75 Å². The summed E-state index contributed by atoms with van der Waals surface area (Å²) >= 11 is 3.36. The highest BCUT2D eigenvalue weighted by Crippen LogP contribution is 2.19. The zero-order chi connectivity index (χ0) is 12.1. The van der Waals surface area contributed by atoms with Crippen LogP contribution in [0.2, 0.25) is 0 Å². The van der Waals surface area contributed by atoms with Crippen molar-refractivity contribution in [2.75, 3.05) is 6.61 Å². The van der Waals surface area contributed by atoms with Gasteiger partial charge in [0.15, 0.2) is 0 Å². The van der Waals surface area contributed by atoms with Crippen molar-refractivity contribution in [3.63, 3.8) is 0 Å². The van der Waals surface area contributed by atoms with Crippen molar-refractivity contribution in [1.29, 1.82) is 0 Å². The maximum atomic E-state index is 9.94. The van der Waals surface area contributed by atoms with Crippen molar-refractivity contribution in [2.45, 2.75) is 6.10 Å². The number of aliphatic hydroxyl groups is 1. The lowest BCUT2D eigenvalue weighted by molar-refractivity contribution is 0.108. The first kappa shape index (κ1) is 12.1. The highest BCUT2D eigenvalue weighted by atomic mass is 79.9. The molecule has 1 unspecified atom stereocenters. The van der Waals surface area contributed by atoms with Gasteiger partial charge in [0.2, 0.25) is 0 Å². The summed E-state index contributed by atoms with van der Waals surface area (Å²) in [5.74, 6) is 0.654. The third-order valence-corrected chi connectivity index (χ3v) is 2.77. The number of benzene rings is 1. The molecule has 0 spiro atoms. The maximum absolute atomic E-state index is 9.94. The van der Waals surface area contributed by atoms with E-state index in [1.54, 1.807) is 24.5 Å². The van der Waals surface area contributed by atoms with Gasteiger partial charge in [0, 0.05) is 10.7 Å². The van der Waals surface area contributed by atoms with Gasteiger partial charge < -0.3 is 9.84 Å². The topological polar surface area (TPSA) is 42.4 Å². The first-order valence-electron chi connectivity index (χ1n) is 5.22. The first-order chi connectivity index (χ1) is 8.25. The molecule has 1 heterocycles. The summed E-state index contributed by atoms with van der Waals surface area (Å²) in [5.41, 5.74) is 0.822. The smallest absolute Gasteiger partial charge is 0.137 e.